The molecule has 19 heavy (non-hydrogen) atoms. The molecule has 0 bridgehead atoms. The number of nitrogens with zero attached hydrogens (tertiary/aromatic N) is 3. The Labute approximate surface area is 110 Å². The topological polar surface area (TPSA) is 73.7 Å². The molecule has 1 aromatic rings. The van der Waals surface area contributed by atoms with Crippen LogP contribution in [0.1, 0.15) is 27.7 Å². The highest BCUT2D eigenvalue weighted by molar-refractivity contribution is 5.75. The molecule has 7 heteroatoms. The van der Waals surface area contributed by atoms with Crippen LogP contribution in [0.25, 0.3) is 0 Å². The summed E-state index contributed by atoms with van der Waals surface area (Å²) in [6.45, 7) is 6.46. The predicted molar refractivity (Wildman–Crippen MR) is 66.9 cm³/mol. The largest absolute Gasteiger partial charge is 0.427 e. The molecule has 0 fully saturated rings. The summed E-state index contributed by atoms with van der Waals surface area (Å²) in [5, 5.41) is 0. The van der Waals surface area contributed by atoms with Crippen LogP contribution in [0.4, 0.5) is 10.2 Å². The third-order valence-electron chi connectivity index (χ3n) is 1.95. The molecule has 0 N–H and O–H groups in total. The fraction of sp³-hybridized carbons (Fsp3) is 0.500. The zero-order valence-corrected chi connectivity index (χ0v) is 11.3. The Morgan fingerprint density at radius 3 is 2.79 bits per heavy atom. The second-order valence-electron chi connectivity index (χ2n) is 4.66. The third-order valence-corrected chi connectivity index (χ3v) is 1.95. The van der Waals surface area contributed by atoms with Gasteiger partial charge in [-0.2, -0.15) is 4.98 Å². The van der Waals surface area contributed by atoms with Gasteiger partial charge in [0.2, 0.25) is 6.79 Å². The Morgan fingerprint density at radius 2 is 2.21 bits per heavy atom. The fourth-order valence-corrected chi connectivity index (χ4v) is 0.977. The monoisotopic (exact) mass is 269 g/mol. The van der Waals surface area contributed by atoms with E-state index in [0.717, 1.165) is 6.20 Å². The summed E-state index contributed by atoms with van der Waals surface area (Å²) >= 11 is 0. The van der Waals surface area contributed by atoms with E-state index in [2.05, 4.69) is 15.0 Å². The van der Waals surface area contributed by atoms with E-state index in [1.807, 2.05) is 0 Å². The van der Waals surface area contributed by atoms with Gasteiger partial charge in [-0.15, -0.1) is 0 Å². The number of esters is 1. The van der Waals surface area contributed by atoms with E-state index in [1.54, 1.807) is 27.7 Å². The van der Waals surface area contributed by atoms with Crippen LogP contribution in [-0.2, 0) is 9.53 Å². The van der Waals surface area contributed by atoms with Gasteiger partial charge in [0, 0.05) is 6.21 Å². The van der Waals surface area contributed by atoms with Crippen LogP contribution >= 0.6 is 0 Å². The van der Waals surface area contributed by atoms with E-state index in [-0.39, 0.29) is 18.6 Å². The SMILES string of the molecule is C/C=N/c1nc(OCOC(=O)C(C)(C)C)ncc1F. The zero-order valence-electron chi connectivity index (χ0n) is 11.3. The summed E-state index contributed by atoms with van der Waals surface area (Å²) in [5.74, 6) is -1.20. The van der Waals surface area contributed by atoms with E-state index in [1.165, 1.54) is 6.21 Å². The quantitative estimate of drug-likeness (QED) is 0.476. The van der Waals surface area contributed by atoms with Gasteiger partial charge in [0.15, 0.2) is 11.6 Å². The van der Waals surface area contributed by atoms with Crippen LogP contribution in [-0.4, -0.2) is 28.9 Å². The smallest absolute Gasteiger partial charge is 0.321 e. The minimum atomic E-state index is -0.655. The van der Waals surface area contributed by atoms with Crippen molar-refractivity contribution < 1.29 is 18.7 Å². The minimum absolute atomic E-state index is 0.108. The number of carbonyl (C=O) groups is 1. The molecule has 0 amide bonds. The van der Waals surface area contributed by atoms with Gasteiger partial charge in [0.05, 0.1) is 11.6 Å². The molecule has 0 spiro atoms. The highest BCUT2D eigenvalue weighted by Crippen LogP contribution is 2.17. The number of carbonyl (C=O) groups excluding carboxylic acids is 1. The maximum atomic E-state index is 13.2. The Kier molecular flexibility index (Phi) is 4.91. The lowest BCUT2D eigenvalue weighted by Gasteiger charge is -2.16. The molecule has 1 aromatic heterocycles. The lowest BCUT2D eigenvalue weighted by atomic mass is 9.98. The minimum Gasteiger partial charge on any atom is -0.427 e. The number of halogens is 1. The van der Waals surface area contributed by atoms with Gasteiger partial charge in [0.25, 0.3) is 0 Å². The average Bonchev–Trinajstić information content (AvgIpc) is 2.32. The summed E-state index contributed by atoms with van der Waals surface area (Å²) in [4.78, 5) is 22.5. The van der Waals surface area contributed by atoms with Gasteiger partial charge in [0.1, 0.15) is 0 Å². The Balaban J connectivity index is 2.59. The van der Waals surface area contributed by atoms with Crippen molar-refractivity contribution in [3.05, 3.63) is 12.0 Å². The number of aromatic nitrogens is 2. The molecule has 0 saturated carbocycles. The molecule has 6 nitrogen and oxygen atoms in total. The molecule has 0 unspecified atom stereocenters. The molecule has 0 radical (unpaired) electrons. The summed E-state index contributed by atoms with van der Waals surface area (Å²) in [6, 6.07) is -0.108. The zero-order chi connectivity index (χ0) is 14.5. The van der Waals surface area contributed by atoms with Crippen molar-refractivity contribution in [3.8, 4) is 6.01 Å². The summed E-state index contributed by atoms with van der Waals surface area (Å²) in [6.07, 6.45) is 2.34. The maximum absolute atomic E-state index is 13.2. The van der Waals surface area contributed by atoms with E-state index < -0.39 is 17.2 Å². The second kappa shape index (κ2) is 6.21. The van der Waals surface area contributed by atoms with E-state index in [4.69, 9.17) is 9.47 Å². The molecule has 0 aliphatic carbocycles. The standard InChI is InChI=1S/C12H16FN3O3/c1-5-14-9-8(13)6-15-11(16-9)19-7-18-10(17)12(2,3)4/h5-6H,7H2,1-4H3/b14-5+. The Hall–Kier alpha value is -2.05. The van der Waals surface area contributed by atoms with Crippen molar-refractivity contribution in [2.75, 3.05) is 6.79 Å². The summed E-state index contributed by atoms with van der Waals surface area (Å²) in [7, 11) is 0. The van der Waals surface area contributed by atoms with Crippen LogP contribution in [0.5, 0.6) is 6.01 Å². The first-order valence-electron chi connectivity index (χ1n) is 5.66. The molecule has 104 valence electrons. The number of rotatable bonds is 4. The van der Waals surface area contributed by atoms with Gasteiger partial charge in [-0.1, -0.05) is 0 Å². The van der Waals surface area contributed by atoms with Crippen LogP contribution < -0.4 is 4.74 Å². The van der Waals surface area contributed by atoms with Crippen LogP contribution in [0.3, 0.4) is 0 Å². The third kappa shape index (κ3) is 4.61. The van der Waals surface area contributed by atoms with Gasteiger partial charge in [-0.05, 0) is 27.7 Å². The first kappa shape index (κ1) is 15.0. The van der Waals surface area contributed by atoms with Crippen LogP contribution in [0, 0.1) is 11.2 Å². The summed E-state index contributed by atoms with van der Waals surface area (Å²) < 4.78 is 23.1. The molecule has 0 saturated heterocycles. The Morgan fingerprint density at radius 1 is 1.53 bits per heavy atom. The molecule has 1 heterocycles. The van der Waals surface area contributed by atoms with Gasteiger partial charge in [-0.3, -0.25) is 4.79 Å². The van der Waals surface area contributed by atoms with Crippen molar-refractivity contribution in [3.63, 3.8) is 0 Å². The summed E-state index contributed by atoms with van der Waals surface area (Å²) in [5.41, 5.74) is -0.620. The number of hydrogen-bond donors (Lipinski definition) is 0. The lowest BCUT2D eigenvalue weighted by Crippen LogP contribution is -2.24. The normalized spacial score (nSPS) is 11.6. The first-order valence-corrected chi connectivity index (χ1v) is 5.66. The van der Waals surface area contributed by atoms with Crippen LogP contribution in [0.2, 0.25) is 0 Å². The van der Waals surface area contributed by atoms with Crippen molar-refractivity contribution in [2.24, 2.45) is 10.4 Å². The van der Waals surface area contributed by atoms with Gasteiger partial charge < -0.3 is 9.47 Å². The maximum Gasteiger partial charge on any atom is 0.321 e. The molecular formula is C12H16FN3O3. The van der Waals surface area contributed by atoms with E-state index >= 15 is 0 Å². The molecule has 0 aliphatic rings. The first-order chi connectivity index (χ1) is 8.84. The van der Waals surface area contributed by atoms with E-state index in [9.17, 15) is 9.18 Å². The molecule has 0 aliphatic heterocycles. The number of ether oxygens (including phenoxy) is 2. The fourth-order valence-electron chi connectivity index (χ4n) is 0.977. The van der Waals surface area contributed by atoms with Crippen LogP contribution in [0.15, 0.2) is 11.2 Å². The van der Waals surface area contributed by atoms with Gasteiger partial charge >= 0.3 is 12.0 Å². The van der Waals surface area contributed by atoms with Crippen molar-refractivity contribution >= 4 is 18.0 Å². The van der Waals surface area contributed by atoms with Crippen molar-refractivity contribution in [1.82, 2.24) is 9.97 Å². The average molecular weight is 269 g/mol. The second-order valence-corrected chi connectivity index (χ2v) is 4.66. The molecular weight excluding hydrogens is 253 g/mol. The number of hydrogen-bond acceptors (Lipinski definition) is 6. The number of aliphatic imine (C=N–C) groups is 1. The molecule has 0 aromatic carbocycles. The molecule has 0 atom stereocenters. The highest BCUT2D eigenvalue weighted by Gasteiger charge is 2.23. The highest BCUT2D eigenvalue weighted by atomic mass is 19.1. The van der Waals surface area contributed by atoms with E-state index in [0.29, 0.717) is 0 Å². The predicted octanol–water partition coefficient (Wildman–Crippen LogP) is 2.26. The van der Waals surface area contributed by atoms with Crippen molar-refractivity contribution in [1.29, 1.82) is 0 Å². The lowest BCUT2D eigenvalue weighted by molar-refractivity contribution is -0.159. The Bertz CT molecular complexity index is 484. The van der Waals surface area contributed by atoms with Gasteiger partial charge in [-0.25, -0.2) is 14.4 Å². The van der Waals surface area contributed by atoms with Crippen molar-refractivity contribution in [2.45, 2.75) is 27.7 Å². The molecule has 1 rings (SSSR count).